The van der Waals surface area contributed by atoms with Gasteiger partial charge in [-0.2, -0.15) is 5.26 Å². The van der Waals surface area contributed by atoms with Crippen LogP contribution in [0.5, 0.6) is 5.75 Å². The highest BCUT2D eigenvalue weighted by molar-refractivity contribution is 5.95. The summed E-state index contributed by atoms with van der Waals surface area (Å²) in [4.78, 5) is 22.1. The van der Waals surface area contributed by atoms with Crippen molar-refractivity contribution in [3.63, 3.8) is 0 Å². The monoisotopic (exact) mass is 548 g/mol. The van der Waals surface area contributed by atoms with Gasteiger partial charge < -0.3 is 18.8 Å². The zero-order valence-electron chi connectivity index (χ0n) is 22.9. The van der Waals surface area contributed by atoms with Crippen molar-refractivity contribution in [1.29, 1.82) is 5.26 Å². The predicted octanol–water partition coefficient (Wildman–Crippen LogP) is 5.51. The topological polar surface area (TPSA) is 91.8 Å². The number of ether oxygens (including phenoxy) is 2. The molecule has 1 amide bonds. The van der Waals surface area contributed by atoms with Crippen LogP contribution in [0.25, 0.3) is 33.6 Å². The number of benzene rings is 2. The first-order valence-corrected chi connectivity index (χ1v) is 14.5. The van der Waals surface area contributed by atoms with E-state index < -0.39 is 0 Å². The van der Waals surface area contributed by atoms with Gasteiger partial charge in [0.15, 0.2) is 5.58 Å². The Morgan fingerprint density at radius 3 is 2.41 bits per heavy atom. The summed E-state index contributed by atoms with van der Waals surface area (Å²) in [6.45, 7) is 4.85. The Morgan fingerprint density at radius 1 is 0.927 bits per heavy atom. The molecule has 2 aromatic heterocycles. The summed E-state index contributed by atoms with van der Waals surface area (Å²) in [5.74, 6) is 1.35. The Balaban J connectivity index is 1.10. The minimum Gasteiger partial charge on any atom is -0.489 e. The number of carbonyl (C=O) groups is 1. The predicted molar refractivity (Wildman–Crippen MR) is 155 cm³/mol. The first-order valence-electron chi connectivity index (χ1n) is 14.5. The fourth-order valence-corrected chi connectivity index (χ4v) is 5.86. The van der Waals surface area contributed by atoms with Gasteiger partial charge in [-0.25, -0.2) is 0 Å². The van der Waals surface area contributed by atoms with E-state index in [1.54, 1.807) is 6.20 Å². The lowest BCUT2D eigenvalue weighted by molar-refractivity contribution is 0.0254. The number of carbonyl (C=O) groups excluding carboxylic acids is 1. The van der Waals surface area contributed by atoms with Crippen molar-refractivity contribution in [3.8, 4) is 34.3 Å². The molecule has 0 bridgehead atoms. The quantitative estimate of drug-likeness (QED) is 0.314. The van der Waals surface area contributed by atoms with Crippen LogP contribution in [0.2, 0.25) is 0 Å². The minimum absolute atomic E-state index is 0.0567. The lowest BCUT2D eigenvalue weighted by Gasteiger charge is -2.34. The normalized spacial score (nSPS) is 18.4. The smallest absolute Gasteiger partial charge is 0.253 e. The van der Waals surface area contributed by atoms with Crippen molar-refractivity contribution in [2.24, 2.45) is 0 Å². The molecule has 0 atom stereocenters. The number of furan rings is 1. The summed E-state index contributed by atoms with van der Waals surface area (Å²) in [5.41, 5.74) is 5.15. The van der Waals surface area contributed by atoms with Gasteiger partial charge in [0.1, 0.15) is 29.2 Å². The maximum absolute atomic E-state index is 13.1. The molecule has 3 aliphatic rings. The van der Waals surface area contributed by atoms with E-state index in [-0.39, 0.29) is 12.0 Å². The number of hydrogen-bond donors (Lipinski definition) is 0. The van der Waals surface area contributed by atoms with E-state index in [0.717, 1.165) is 67.3 Å². The van der Waals surface area contributed by atoms with Crippen LogP contribution in [0.4, 0.5) is 0 Å². The van der Waals surface area contributed by atoms with Crippen LogP contribution in [0, 0.1) is 11.3 Å². The van der Waals surface area contributed by atoms with Crippen LogP contribution in [0.15, 0.2) is 65.2 Å². The third-order valence-electron chi connectivity index (χ3n) is 8.37. The molecule has 0 spiro atoms. The molecule has 1 saturated carbocycles. The average molecular weight is 549 g/mol. The van der Waals surface area contributed by atoms with E-state index in [9.17, 15) is 10.1 Å². The summed E-state index contributed by atoms with van der Waals surface area (Å²) in [7, 11) is 0. The van der Waals surface area contributed by atoms with Gasteiger partial charge in [0, 0.05) is 74.0 Å². The molecule has 4 aromatic rings. The number of hydrogen-bond acceptors (Lipinski definition) is 7. The van der Waals surface area contributed by atoms with E-state index in [2.05, 4.69) is 16.0 Å². The highest BCUT2D eigenvalue weighted by atomic mass is 16.5. The van der Waals surface area contributed by atoms with Crippen molar-refractivity contribution >= 4 is 17.0 Å². The number of pyridine rings is 1. The summed E-state index contributed by atoms with van der Waals surface area (Å²) >= 11 is 0. The molecule has 7 rings (SSSR count). The highest BCUT2D eigenvalue weighted by Crippen LogP contribution is 2.36. The highest BCUT2D eigenvalue weighted by Gasteiger charge is 2.32. The van der Waals surface area contributed by atoms with Gasteiger partial charge in [0.05, 0.1) is 18.8 Å². The van der Waals surface area contributed by atoms with Crippen LogP contribution < -0.4 is 4.74 Å². The Kier molecular flexibility index (Phi) is 6.91. The molecule has 2 saturated heterocycles. The van der Waals surface area contributed by atoms with Crippen molar-refractivity contribution in [3.05, 3.63) is 71.9 Å². The molecular weight excluding hydrogens is 516 g/mol. The van der Waals surface area contributed by atoms with Crippen molar-refractivity contribution in [2.75, 3.05) is 39.4 Å². The fourth-order valence-electron chi connectivity index (χ4n) is 5.86. The number of aromatic nitrogens is 1. The number of fused-ring (bicyclic) bond motifs is 1. The number of nitrogens with zero attached hydrogens (tertiary/aromatic N) is 4. The molecule has 2 aromatic carbocycles. The van der Waals surface area contributed by atoms with Gasteiger partial charge in [0.2, 0.25) is 0 Å². The maximum Gasteiger partial charge on any atom is 0.253 e. The Bertz CT molecular complexity index is 1600. The molecule has 8 heteroatoms. The van der Waals surface area contributed by atoms with Gasteiger partial charge in [-0.3, -0.25) is 14.7 Å². The maximum atomic E-state index is 13.1. The molecule has 3 fully saturated rings. The van der Waals surface area contributed by atoms with Gasteiger partial charge >= 0.3 is 0 Å². The van der Waals surface area contributed by atoms with Crippen LogP contribution in [0.1, 0.15) is 41.6 Å². The van der Waals surface area contributed by atoms with Crippen molar-refractivity contribution in [1.82, 2.24) is 14.8 Å². The molecule has 0 radical (unpaired) electrons. The SMILES string of the molecule is N#Cc1cc(-c2ccnc3cc(-c4ccc(C(=O)N5CCN(C6CC6)CC5)cc4)oc23)ccc1OC1CCOCC1. The van der Waals surface area contributed by atoms with E-state index in [0.29, 0.717) is 41.4 Å². The number of rotatable bonds is 6. The first kappa shape index (κ1) is 25.8. The molecule has 0 unspecified atom stereocenters. The standard InChI is InChI=1S/C33H32N4O4/c34-21-25-19-24(5-8-30(25)40-27-10-17-39-18-11-27)28-9-12-35-29-20-31(41-32(28)29)22-1-3-23(4-2-22)33(38)37-15-13-36(14-16-37)26-6-7-26/h1-5,8-9,12,19-20,26-27H,6-7,10-11,13-18H2. The summed E-state index contributed by atoms with van der Waals surface area (Å²) in [6.07, 6.45) is 6.04. The summed E-state index contributed by atoms with van der Waals surface area (Å²) in [6, 6.07) is 20.1. The van der Waals surface area contributed by atoms with Gasteiger partial charge in [-0.15, -0.1) is 0 Å². The average Bonchev–Trinajstić information content (AvgIpc) is 3.79. The third kappa shape index (κ3) is 5.31. The lowest BCUT2D eigenvalue weighted by Crippen LogP contribution is -2.49. The van der Waals surface area contributed by atoms with Crippen LogP contribution in [-0.2, 0) is 4.74 Å². The molecule has 2 aliphatic heterocycles. The zero-order chi connectivity index (χ0) is 27.8. The lowest BCUT2D eigenvalue weighted by atomic mass is 10.0. The summed E-state index contributed by atoms with van der Waals surface area (Å²) < 4.78 is 17.9. The fraction of sp³-hybridized carbons (Fsp3) is 0.364. The Labute approximate surface area is 239 Å². The molecule has 8 nitrogen and oxygen atoms in total. The second kappa shape index (κ2) is 11.0. The van der Waals surface area contributed by atoms with E-state index in [4.69, 9.17) is 13.9 Å². The minimum atomic E-state index is 0.0567. The second-order valence-corrected chi connectivity index (χ2v) is 11.1. The van der Waals surface area contributed by atoms with Crippen molar-refractivity contribution < 1.29 is 18.7 Å². The van der Waals surface area contributed by atoms with E-state index in [1.807, 2.05) is 59.5 Å². The molecule has 0 N–H and O–H groups in total. The van der Waals surface area contributed by atoms with Crippen LogP contribution in [-0.4, -0.2) is 72.2 Å². The number of amides is 1. The molecule has 4 heterocycles. The third-order valence-corrected chi connectivity index (χ3v) is 8.37. The molecule has 41 heavy (non-hydrogen) atoms. The molecular formula is C33H32N4O4. The number of nitriles is 1. The second-order valence-electron chi connectivity index (χ2n) is 11.1. The van der Waals surface area contributed by atoms with Gasteiger partial charge in [-0.1, -0.05) is 18.2 Å². The van der Waals surface area contributed by atoms with E-state index >= 15 is 0 Å². The Hall–Kier alpha value is -4.19. The first-order chi connectivity index (χ1) is 20.2. The zero-order valence-corrected chi connectivity index (χ0v) is 22.9. The van der Waals surface area contributed by atoms with Crippen LogP contribution in [0.3, 0.4) is 0 Å². The summed E-state index contributed by atoms with van der Waals surface area (Å²) in [5, 5.41) is 9.85. The van der Waals surface area contributed by atoms with Gasteiger partial charge in [-0.05, 0) is 48.7 Å². The van der Waals surface area contributed by atoms with Crippen LogP contribution >= 0.6 is 0 Å². The molecule has 208 valence electrons. The largest absolute Gasteiger partial charge is 0.489 e. The number of piperazine rings is 1. The Morgan fingerprint density at radius 2 is 1.68 bits per heavy atom. The molecule has 1 aliphatic carbocycles. The van der Waals surface area contributed by atoms with Crippen molar-refractivity contribution in [2.45, 2.75) is 37.8 Å². The van der Waals surface area contributed by atoms with Gasteiger partial charge in [0.25, 0.3) is 5.91 Å². The van der Waals surface area contributed by atoms with E-state index in [1.165, 1.54) is 12.8 Å².